The Kier molecular flexibility index (Phi) is 6.38. The zero-order valence-electron chi connectivity index (χ0n) is 19.7. The van der Waals surface area contributed by atoms with E-state index in [0.717, 1.165) is 54.9 Å². The normalized spacial score (nSPS) is 28.5. The van der Waals surface area contributed by atoms with Crippen LogP contribution >= 0.6 is 0 Å². The van der Waals surface area contributed by atoms with Crippen molar-refractivity contribution in [3.63, 3.8) is 0 Å². The summed E-state index contributed by atoms with van der Waals surface area (Å²) in [6, 6.07) is 3.25. The minimum absolute atomic E-state index is 0.00606. The van der Waals surface area contributed by atoms with E-state index >= 15 is 0 Å². The number of hydrogen-bond donors (Lipinski definition) is 3. The van der Waals surface area contributed by atoms with Gasteiger partial charge in [0.05, 0.1) is 0 Å². The molecule has 2 aromatic rings. The van der Waals surface area contributed by atoms with Gasteiger partial charge in [-0.25, -0.2) is 8.78 Å². The molecule has 188 valence electrons. The van der Waals surface area contributed by atoms with Crippen molar-refractivity contribution in [2.24, 2.45) is 17.8 Å². The third kappa shape index (κ3) is 4.83. The molecule has 35 heavy (non-hydrogen) atoms. The first-order valence-corrected chi connectivity index (χ1v) is 12.5. The molecule has 0 aliphatic heterocycles. The SMILES string of the molecule is CCCC(NC(=O)[C@H](O)c1cc(F)cc(F)c1)C(=O)Nc1cc(C23CC4CC(CC(C4)C2)C3)on1. The monoisotopic (exact) mass is 487 g/mol. The molecular formula is C26H31F2N3O4. The summed E-state index contributed by atoms with van der Waals surface area (Å²) in [5, 5.41) is 19.6. The molecule has 4 aliphatic rings. The lowest BCUT2D eigenvalue weighted by Crippen LogP contribution is -2.48. The predicted molar refractivity (Wildman–Crippen MR) is 123 cm³/mol. The number of hydrogen-bond acceptors (Lipinski definition) is 5. The molecule has 6 rings (SSSR count). The van der Waals surface area contributed by atoms with Gasteiger partial charge in [0.15, 0.2) is 11.9 Å². The maximum absolute atomic E-state index is 13.5. The summed E-state index contributed by atoms with van der Waals surface area (Å²) in [6.07, 6.45) is 6.32. The van der Waals surface area contributed by atoms with Crippen LogP contribution in [0.25, 0.3) is 0 Å². The molecule has 7 nitrogen and oxygen atoms in total. The number of carbonyl (C=O) groups excluding carboxylic acids is 2. The van der Waals surface area contributed by atoms with Crippen LogP contribution < -0.4 is 10.6 Å². The summed E-state index contributed by atoms with van der Waals surface area (Å²) in [4.78, 5) is 25.5. The summed E-state index contributed by atoms with van der Waals surface area (Å²) < 4.78 is 32.7. The predicted octanol–water partition coefficient (Wildman–Crippen LogP) is 4.38. The van der Waals surface area contributed by atoms with E-state index in [4.69, 9.17) is 4.52 Å². The maximum atomic E-state index is 13.5. The molecule has 4 saturated carbocycles. The number of amides is 2. The maximum Gasteiger partial charge on any atom is 0.254 e. The molecule has 0 radical (unpaired) electrons. The van der Waals surface area contributed by atoms with Crippen LogP contribution in [-0.4, -0.2) is 28.1 Å². The van der Waals surface area contributed by atoms with Crippen LogP contribution in [0.1, 0.15) is 75.7 Å². The lowest BCUT2D eigenvalue weighted by molar-refractivity contribution is -0.133. The van der Waals surface area contributed by atoms with Crippen molar-refractivity contribution >= 4 is 17.6 Å². The number of aliphatic hydroxyl groups excluding tert-OH is 1. The highest BCUT2D eigenvalue weighted by Crippen LogP contribution is 2.60. The minimum atomic E-state index is -1.82. The molecule has 1 aromatic carbocycles. The highest BCUT2D eigenvalue weighted by atomic mass is 19.1. The van der Waals surface area contributed by atoms with Crippen molar-refractivity contribution in [3.05, 3.63) is 47.2 Å². The van der Waals surface area contributed by atoms with E-state index in [1.165, 1.54) is 19.3 Å². The molecule has 1 heterocycles. The molecule has 2 amide bonds. The largest absolute Gasteiger partial charge is 0.378 e. The Morgan fingerprint density at radius 1 is 1.06 bits per heavy atom. The van der Waals surface area contributed by atoms with Gasteiger partial charge in [0, 0.05) is 17.5 Å². The van der Waals surface area contributed by atoms with Crippen LogP contribution in [0, 0.1) is 29.4 Å². The summed E-state index contributed by atoms with van der Waals surface area (Å²) >= 11 is 0. The minimum Gasteiger partial charge on any atom is -0.378 e. The van der Waals surface area contributed by atoms with E-state index in [0.29, 0.717) is 24.7 Å². The molecule has 4 aliphatic carbocycles. The number of nitrogens with one attached hydrogen (secondary N) is 2. The molecule has 3 N–H and O–H groups in total. The molecule has 0 spiro atoms. The van der Waals surface area contributed by atoms with E-state index in [2.05, 4.69) is 15.8 Å². The van der Waals surface area contributed by atoms with Crippen molar-refractivity contribution in [3.8, 4) is 0 Å². The second kappa shape index (κ2) is 9.33. The van der Waals surface area contributed by atoms with Gasteiger partial charge in [-0.05, 0) is 80.4 Å². The lowest BCUT2D eigenvalue weighted by Gasteiger charge is -2.55. The number of anilines is 1. The van der Waals surface area contributed by atoms with Crippen molar-refractivity contribution in [1.29, 1.82) is 0 Å². The number of carbonyl (C=O) groups is 2. The van der Waals surface area contributed by atoms with Crippen LogP contribution in [0.2, 0.25) is 0 Å². The van der Waals surface area contributed by atoms with Gasteiger partial charge in [-0.1, -0.05) is 18.5 Å². The summed E-state index contributed by atoms with van der Waals surface area (Å²) in [6.45, 7) is 1.85. The van der Waals surface area contributed by atoms with E-state index < -0.39 is 35.6 Å². The Morgan fingerprint density at radius 2 is 1.66 bits per heavy atom. The fourth-order valence-corrected chi connectivity index (χ4v) is 6.90. The van der Waals surface area contributed by atoms with Crippen molar-refractivity contribution in [2.75, 3.05) is 5.32 Å². The number of halogens is 2. The number of aliphatic hydroxyl groups is 1. The number of benzene rings is 1. The molecule has 1 aromatic heterocycles. The smallest absolute Gasteiger partial charge is 0.254 e. The first-order valence-electron chi connectivity index (χ1n) is 12.5. The number of nitrogens with zero attached hydrogens (tertiary/aromatic N) is 1. The number of rotatable bonds is 8. The van der Waals surface area contributed by atoms with E-state index in [-0.39, 0.29) is 11.0 Å². The molecular weight excluding hydrogens is 456 g/mol. The van der Waals surface area contributed by atoms with Crippen LogP contribution in [0.5, 0.6) is 0 Å². The van der Waals surface area contributed by atoms with E-state index in [1.54, 1.807) is 6.07 Å². The van der Waals surface area contributed by atoms with Gasteiger partial charge in [-0.15, -0.1) is 0 Å². The Morgan fingerprint density at radius 3 is 2.23 bits per heavy atom. The molecule has 4 bridgehead atoms. The Bertz CT molecular complexity index is 1060. The zero-order valence-corrected chi connectivity index (χ0v) is 19.7. The van der Waals surface area contributed by atoms with Crippen LogP contribution in [-0.2, 0) is 15.0 Å². The summed E-state index contributed by atoms with van der Waals surface area (Å²) in [5.41, 5.74) is -0.223. The lowest BCUT2D eigenvalue weighted by atomic mass is 9.49. The van der Waals surface area contributed by atoms with Gasteiger partial charge >= 0.3 is 0 Å². The van der Waals surface area contributed by atoms with E-state index in [9.17, 15) is 23.5 Å². The van der Waals surface area contributed by atoms with Crippen LogP contribution in [0.3, 0.4) is 0 Å². The topological polar surface area (TPSA) is 104 Å². The Labute approximate surface area is 202 Å². The second-order valence-electron chi connectivity index (χ2n) is 10.7. The van der Waals surface area contributed by atoms with Crippen LogP contribution in [0.4, 0.5) is 14.6 Å². The highest BCUT2D eigenvalue weighted by Gasteiger charge is 2.53. The third-order valence-electron chi connectivity index (χ3n) is 7.98. The van der Waals surface area contributed by atoms with Crippen molar-refractivity contribution < 1.29 is 28.0 Å². The Hall–Kier alpha value is -2.81. The highest BCUT2D eigenvalue weighted by molar-refractivity contribution is 5.97. The fourth-order valence-electron chi connectivity index (χ4n) is 6.90. The van der Waals surface area contributed by atoms with Gasteiger partial charge in [0.2, 0.25) is 5.91 Å². The van der Waals surface area contributed by atoms with Gasteiger partial charge in [0.25, 0.3) is 5.91 Å². The van der Waals surface area contributed by atoms with Gasteiger partial charge in [0.1, 0.15) is 23.4 Å². The van der Waals surface area contributed by atoms with Crippen LogP contribution in [0.15, 0.2) is 28.8 Å². The Balaban J connectivity index is 1.25. The van der Waals surface area contributed by atoms with Gasteiger partial charge in [-0.2, -0.15) is 0 Å². The molecule has 1 unspecified atom stereocenters. The van der Waals surface area contributed by atoms with Crippen molar-refractivity contribution in [1.82, 2.24) is 10.5 Å². The van der Waals surface area contributed by atoms with Gasteiger partial charge < -0.3 is 20.3 Å². The molecule has 2 atom stereocenters. The fraction of sp³-hybridized carbons (Fsp3) is 0.577. The average molecular weight is 488 g/mol. The van der Waals surface area contributed by atoms with Crippen molar-refractivity contribution in [2.45, 2.75) is 75.9 Å². The number of aromatic nitrogens is 1. The summed E-state index contributed by atoms with van der Waals surface area (Å²) in [5.74, 6) is 0.118. The average Bonchev–Trinajstić information content (AvgIpc) is 3.26. The third-order valence-corrected chi connectivity index (χ3v) is 7.98. The molecule has 0 saturated heterocycles. The summed E-state index contributed by atoms with van der Waals surface area (Å²) in [7, 11) is 0. The van der Waals surface area contributed by atoms with Gasteiger partial charge in [-0.3, -0.25) is 9.59 Å². The quantitative estimate of drug-likeness (QED) is 0.513. The van der Waals surface area contributed by atoms with E-state index in [1.807, 2.05) is 6.92 Å². The molecule has 9 heteroatoms. The standard InChI is InChI=1S/C26H31F2N3O4/c1-2-3-20(29-25(34)23(32)17-7-18(27)9-19(28)8-17)24(33)30-22-10-21(35-31-22)26-11-14-4-15(12-26)6-16(5-14)13-26/h7-10,14-16,20,23,32H,2-6,11-13H2,1H3,(H,29,34)(H,30,31,33)/t14?,15?,16?,20?,23-,26?/m1/s1. The first-order chi connectivity index (χ1) is 16.7. The molecule has 4 fully saturated rings. The second-order valence-corrected chi connectivity index (χ2v) is 10.7. The zero-order chi connectivity index (χ0) is 24.7. The first kappa shape index (κ1) is 23.9.